The highest BCUT2D eigenvalue weighted by molar-refractivity contribution is 6.70. The molecule has 150 valence electrons. The molecule has 0 nitrogen and oxygen atoms in total. The molecule has 0 aliphatic rings. The number of benzene rings is 3. The van der Waals surface area contributed by atoms with Gasteiger partial charge in [0.1, 0.15) is 78.5 Å². The molecule has 3 rings (SSSR count). The van der Waals surface area contributed by atoms with Crippen molar-refractivity contribution in [2.75, 3.05) is 0 Å². The van der Waals surface area contributed by atoms with Crippen molar-refractivity contribution in [3.8, 4) is 22.3 Å². The topological polar surface area (TPSA) is 0 Å². The second kappa shape index (κ2) is 8.58. The molecule has 0 saturated heterocycles. The third-order valence-electron chi connectivity index (χ3n) is 8.38. The van der Waals surface area contributed by atoms with E-state index < -0.39 is 0 Å². The summed E-state index contributed by atoms with van der Waals surface area (Å²) in [5.41, 5.74) is 21.2. The maximum Gasteiger partial charge on any atom is 0.139 e. The molecule has 0 aliphatic heterocycles. The Morgan fingerprint density at radius 3 is 0.906 bits per heavy atom. The largest absolute Gasteiger partial charge is 0.139 e. The molecule has 10 heteroatoms. The fourth-order valence-electron chi connectivity index (χ4n) is 5.22. The molecule has 0 amide bonds. The molecule has 0 spiro atoms. The summed E-state index contributed by atoms with van der Waals surface area (Å²) in [4.78, 5) is 0. The second-order valence-electron chi connectivity index (χ2n) is 11.0. The average Bonchev–Trinajstić information content (AvgIpc) is 2.73. The average molecular weight is 405 g/mol. The van der Waals surface area contributed by atoms with Gasteiger partial charge in [-0.1, -0.05) is 54.8 Å². The van der Waals surface area contributed by atoms with Crippen LogP contribution in [0.4, 0.5) is 0 Å². The van der Waals surface area contributed by atoms with Crippen molar-refractivity contribution in [1.82, 2.24) is 0 Å². The zero-order valence-corrected chi connectivity index (χ0v) is 22.7. The van der Waals surface area contributed by atoms with E-state index in [9.17, 15) is 0 Å². The Labute approximate surface area is 205 Å². The minimum absolute atomic E-state index is 0.0813. The van der Waals surface area contributed by atoms with Gasteiger partial charge >= 0.3 is 0 Å². The van der Waals surface area contributed by atoms with Crippen molar-refractivity contribution in [3.63, 3.8) is 0 Å². The van der Waals surface area contributed by atoms with Gasteiger partial charge in [0.05, 0.1) is 0 Å². The molecule has 0 atom stereocenters. The third-order valence-corrected chi connectivity index (χ3v) is 8.38. The maximum absolute atomic E-state index is 2.45. The summed E-state index contributed by atoms with van der Waals surface area (Å²) in [5, 5.41) is 0. The lowest BCUT2D eigenvalue weighted by Gasteiger charge is -2.27. The lowest BCUT2D eigenvalue weighted by atomic mass is 9.59. The summed E-state index contributed by atoms with van der Waals surface area (Å²) in [6.45, 7) is 6.98. The Hall–Kier alpha value is -1.69. The van der Waals surface area contributed by atoms with Crippen LogP contribution in [0.3, 0.4) is 0 Å². The lowest BCUT2D eigenvalue weighted by Crippen LogP contribution is -2.55. The summed E-state index contributed by atoms with van der Waals surface area (Å²) in [5.74, 6) is 0. The Morgan fingerprint density at radius 1 is 0.406 bits per heavy atom. The maximum atomic E-state index is 2.45. The highest BCUT2D eigenvalue weighted by Crippen LogP contribution is 2.31. The van der Waals surface area contributed by atoms with Crippen LogP contribution in [-0.2, 0) is 5.41 Å². The Bertz CT molecular complexity index is 1110. The van der Waals surface area contributed by atoms with Crippen molar-refractivity contribution in [3.05, 3.63) is 23.8 Å². The van der Waals surface area contributed by atoms with E-state index in [0.717, 1.165) is 0 Å². The van der Waals surface area contributed by atoms with Crippen molar-refractivity contribution < 1.29 is 0 Å². The van der Waals surface area contributed by atoms with Crippen LogP contribution in [0.25, 0.3) is 22.3 Å². The van der Waals surface area contributed by atoms with E-state index in [1.807, 2.05) is 0 Å². The van der Waals surface area contributed by atoms with Crippen LogP contribution < -0.4 is 54.6 Å². The minimum atomic E-state index is 0.0813. The Morgan fingerprint density at radius 2 is 0.656 bits per heavy atom. The zero-order valence-electron chi connectivity index (χ0n) is 22.7. The van der Waals surface area contributed by atoms with Crippen molar-refractivity contribution in [2.45, 2.75) is 26.2 Å². The predicted molar refractivity (Wildman–Crippen MR) is 178 cm³/mol. The van der Waals surface area contributed by atoms with Crippen molar-refractivity contribution in [2.24, 2.45) is 0 Å². The molecule has 0 fully saturated rings. The van der Waals surface area contributed by atoms with Crippen LogP contribution in [0.5, 0.6) is 0 Å². The standard InChI is InChI=1S/C22H32B10/c1-22(2,3)9-5-7(10-12(23)16(27)20(31)17(28)13(10)24)4-8(6-9)11-14(25)18(29)21(32)19(30)15(11)26/h4-6H,23-32H2,1-3H3. The highest BCUT2D eigenvalue weighted by atomic mass is 14.2. The molecule has 0 aliphatic carbocycles. The molecule has 0 unspecified atom stereocenters. The summed E-state index contributed by atoms with van der Waals surface area (Å²) >= 11 is 0. The minimum Gasteiger partial charge on any atom is -0.102 e. The molecule has 0 bridgehead atoms. The predicted octanol–water partition coefficient (Wildman–Crippen LogP) is -11.1. The summed E-state index contributed by atoms with van der Waals surface area (Å²) in [7, 11) is 22.8. The summed E-state index contributed by atoms with van der Waals surface area (Å²) in [6.07, 6.45) is 0. The number of rotatable bonds is 2. The van der Waals surface area contributed by atoms with Gasteiger partial charge in [0, 0.05) is 0 Å². The number of hydrogen-bond donors (Lipinski definition) is 0. The number of hydrogen-bond acceptors (Lipinski definition) is 0. The van der Waals surface area contributed by atoms with Gasteiger partial charge in [-0.3, -0.25) is 0 Å². The van der Waals surface area contributed by atoms with Gasteiger partial charge in [0.2, 0.25) is 0 Å². The molecule has 3 aromatic carbocycles. The molecule has 0 aromatic heterocycles. The van der Waals surface area contributed by atoms with E-state index in [0.29, 0.717) is 0 Å². The van der Waals surface area contributed by atoms with Gasteiger partial charge in [-0.15, -0.1) is 32.8 Å². The summed E-state index contributed by atoms with van der Waals surface area (Å²) < 4.78 is 0. The summed E-state index contributed by atoms with van der Waals surface area (Å²) in [6, 6.07) is 7.32. The van der Waals surface area contributed by atoms with E-state index in [1.165, 1.54) is 82.4 Å². The van der Waals surface area contributed by atoms with Gasteiger partial charge in [0.15, 0.2) is 0 Å². The SMILES string of the molecule is Bc1c(B)c(B)c(-c2cc(-c3c(B)c(B)c(B)c(B)c3B)cc(C(C)(C)C)c2)c(B)c1B. The first-order valence-electron chi connectivity index (χ1n) is 12.0. The molecule has 0 N–H and O–H groups in total. The van der Waals surface area contributed by atoms with Crippen LogP contribution in [0.15, 0.2) is 18.2 Å². The van der Waals surface area contributed by atoms with Gasteiger partial charge in [-0.2, -0.15) is 0 Å². The van der Waals surface area contributed by atoms with Gasteiger partial charge in [-0.25, -0.2) is 0 Å². The fraction of sp³-hybridized carbons (Fsp3) is 0.182. The quantitative estimate of drug-likeness (QED) is 0.372. The van der Waals surface area contributed by atoms with Crippen LogP contribution in [-0.4, -0.2) is 78.5 Å². The first-order chi connectivity index (χ1) is 14.7. The second-order valence-corrected chi connectivity index (χ2v) is 11.0. The molecular weight excluding hydrogens is 372 g/mol. The van der Waals surface area contributed by atoms with E-state index in [-0.39, 0.29) is 5.41 Å². The van der Waals surface area contributed by atoms with Crippen LogP contribution in [0, 0.1) is 0 Å². The molecule has 0 radical (unpaired) electrons. The van der Waals surface area contributed by atoms with Gasteiger partial charge in [0.25, 0.3) is 0 Å². The van der Waals surface area contributed by atoms with Crippen LogP contribution in [0.2, 0.25) is 0 Å². The first-order valence-corrected chi connectivity index (χ1v) is 12.0. The van der Waals surface area contributed by atoms with E-state index in [1.54, 1.807) is 0 Å². The van der Waals surface area contributed by atoms with E-state index >= 15 is 0 Å². The lowest BCUT2D eigenvalue weighted by molar-refractivity contribution is 0.591. The zero-order chi connectivity index (χ0) is 24.3. The monoisotopic (exact) mass is 406 g/mol. The first kappa shape index (κ1) is 24.9. The van der Waals surface area contributed by atoms with Gasteiger partial charge in [-0.05, 0) is 39.3 Å². The normalized spacial score (nSPS) is 11.6. The van der Waals surface area contributed by atoms with E-state index in [2.05, 4.69) is 117 Å². The fourth-order valence-corrected chi connectivity index (χ4v) is 5.22. The molecule has 0 saturated carbocycles. The van der Waals surface area contributed by atoms with Crippen LogP contribution in [0.1, 0.15) is 26.3 Å². The van der Waals surface area contributed by atoms with Crippen molar-refractivity contribution >= 4 is 133 Å². The molecule has 0 heterocycles. The smallest absolute Gasteiger partial charge is 0.102 e. The molecule has 32 heavy (non-hydrogen) atoms. The van der Waals surface area contributed by atoms with Gasteiger partial charge < -0.3 is 0 Å². The molecular formula is C22H32B10. The van der Waals surface area contributed by atoms with Crippen LogP contribution >= 0.6 is 0 Å². The van der Waals surface area contributed by atoms with E-state index in [4.69, 9.17) is 0 Å². The highest BCUT2D eigenvalue weighted by Gasteiger charge is 2.21. The Kier molecular flexibility index (Phi) is 6.69. The Balaban J connectivity index is 2.47. The van der Waals surface area contributed by atoms with Crippen molar-refractivity contribution in [1.29, 1.82) is 0 Å². The third kappa shape index (κ3) is 4.04. The molecule has 3 aromatic rings.